The van der Waals surface area contributed by atoms with Gasteiger partial charge in [-0.2, -0.15) is 0 Å². The fourth-order valence-electron chi connectivity index (χ4n) is 3.69. The monoisotopic (exact) mass is 532 g/mol. The van der Waals surface area contributed by atoms with Gasteiger partial charge < -0.3 is 21.9 Å². The third-order valence-corrected chi connectivity index (χ3v) is 7.19. The fourth-order valence-corrected chi connectivity index (χ4v) is 5.18. The smallest absolute Gasteiger partial charge is 0.326 e. The van der Waals surface area contributed by atoms with Gasteiger partial charge in [0, 0.05) is 27.4 Å². The second-order valence-corrected chi connectivity index (χ2v) is 9.97. The maximum Gasteiger partial charge on any atom is 0.326 e. The minimum Gasteiger partial charge on any atom is -0.480 e. The third-order valence-electron chi connectivity index (χ3n) is 5.38. The normalized spacial score (nSPS) is 11.8. The molecule has 0 aliphatic carbocycles. The number of nitrogens with two attached hydrogens (primary N) is 2. The van der Waals surface area contributed by atoms with Crippen LogP contribution in [0, 0.1) is 6.92 Å². The van der Waals surface area contributed by atoms with E-state index in [4.69, 9.17) is 34.7 Å². The molecule has 1 aromatic heterocycles. The lowest BCUT2D eigenvalue weighted by atomic mass is 9.90. The first-order chi connectivity index (χ1) is 16.7. The summed E-state index contributed by atoms with van der Waals surface area (Å²) < 4.78 is 0. The van der Waals surface area contributed by atoms with Crippen LogP contribution in [0.25, 0.3) is 0 Å². The lowest BCUT2D eigenvalue weighted by Gasteiger charge is -2.17. The molecule has 0 radical (unpaired) electrons. The molecule has 6 N–H and O–H groups in total. The summed E-state index contributed by atoms with van der Waals surface area (Å²) in [7, 11) is 0. The summed E-state index contributed by atoms with van der Waals surface area (Å²) in [4.78, 5) is 30.0. The Hall–Kier alpha value is -3.07. The number of aryl methyl sites for hydroxylation is 1. The number of aliphatic carboxylic acids is 1. The number of carbonyl (C=O) groups is 2. The minimum absolute atomic E-state index is 0.0569. The maximum absolute atomic E-state index is 13.1. The van der Waals surface area contributed by atoms with Gasteiger partial charge in [0.1, 0.15) is 6.04 Å². The summed E-state index contributed by atoms with van der Waals surface area (Å²) in [5, 5.41) is 13.5. The molecule has 3 rings (SSSR count). The molecule has 0 saturated carbocycles. The molecule has 10 heteroatoms. The zero-order valence-corrected chi connectivity index (χ0v) is 21.3. The lowest BCUT2D eigenvalue weighted by molar-refractivity contribution is -0.139. The Morgan fingerprint density at radius 3 is 2.06 bits per heavy atom. The highest BCUT2D eigenvalue weighted by Crippen LogP contribution is 2.38. The number of halogens is 2. The van der Waals surface area contributed by atoms with Crippen molar-refractivity contribution in [2.24, 2.45) is 16.5 Å². The van der Waals surface area contributed by atoms with Crippen molar-refractivity contribution < 1.29 is 14.7 Å². The van der Waals surface area contributed by atoms with Crippen LogP contribution in [0.15, 0.2) is 59.6 Å². The van der Waals surface area contributed by atoms with Crippen molar-refractivity contribution in [3.63, 3.8) is 0 Å². The predicted molar refractivity (Wildman–Crippen MR) is 142 cm³/mol. The number of nitrogens with zero attached hydrogens (tertiary/aromatic N) is 1. The standard InChI is InChI=1S/C25H26Cl2N4O3S/c1-14-13-20(21(15-4-8-17(26)9-5-15)16-6-10-18(27)11-7-16)35-22(14)23(32)31-19(24(33)34)3-2-12-30-25(28)29/h4-11,13,19,21H,2-3,12H2,1H3,(H,31,32)(H,33,34)(H4,28,29,30). The van der Waals surface area contributed by atoms with E-state index >= 15 is 0 Å². The van der Waals surface area contributed by atoms with Gasteiger partial charge in [0.15, 0.2) is 5.96 Å². The average Bonchev–Trinajstić information content (AvgIpc) is 3.19. The van der Waals surface area contributed by atoms with Crippen molar-refractivity contribution >= 4 is 52.4 Å². The van der Waals surface area contributed by atoms with E-state index < -0.39 is 17.9 Å². The quantitative estimate of drug-likeness (QED) is 0.169. The number of benzene rings is 2. The van der Waals surface area contributed by atoms with E-state index in [1.54, 1.807) is 0 Å². The highest BCUT2D eigenvalue weighted by Gasteiger charge is 2.25. The zero-order chi connectivity index (χ0) is 25.5. The number of carboxylic acid groups (broad SMARTS) is 1. The van der Waals surface area contributed by atoms with Crippen LogP contribution in [0.4, 0.5) is 0 Å². The number of hydrogen-bond donors (Lipinski definition) is 4. The van der Waals surface area contributed by atoms with Crippen LogP contribution >= 0.6 is 34.5 Å². The highest BCUT2D eigenvalue weighted by molar-refractivity contribution is 7.14. The van der Waals surface area contributed by atoms with Gasteiger partial charge in [0.2, 0.25) is 0 Å². The van der Waals surface area contributed by atoms with E-state index in [2.05, 4.69) is 10.3 Å². The van der Waals surface area contributed by atoms with Crippen molar-refractivity contribution in [2.75, 3.05) is 6.54 Å². The van der Waals surface area contributed by atoms with Gasteiger partial charge in [-0.3, -0.25) is 9.79 Å². The molecular formula is C25H26Cl2N4O3S. The first-order valence-corrected chi connectivity index (χ1v) is 12.4. The number of carbonyl (C=O) groups excluding carboxylic acids is 1. The average molecular weight is 533 g/mol. The van der Waals surface area contributed by atoms with E-state index in [0.29, 0.717) is 21.3 Å². The van der Waals surface area contributed by atoms with E-state index in [9.17, 15) is 14.7 Å². The van der Waals surface area contributed by atoms with Crippen molar-refractivity contribution in [3.05, 3.63) is 91.1 Å². The van der Waals surface area contributed by atoms with Crippen molar-refractivity contribution in [1.29, 1.82) is 0 Å². The van der Waals surface area contributed by atoms with Gasteiger partial charge in [-0.05, 0) is 66.8 Å². The van der Waals surface area contributed by atoms with E-state index in [0.717, 1.165) is 21.6 Å². The van der Waals surface area contributed by atoms with Crippen molar-refractivity contribution in [3.8, 4) is 0 Å². The Balaban J connectivity index is 1.87. The SMILES string of the molecule is Cc1cc(C(c2ccc(Cl)cc2)c2ccc(Cl)cc2)sc1C(=O)NC(CCCN=C(N)N)C(=O)O. The molecule has 0 bridgehead atoms. The van der Waals surface area contributed by atoms with Crippen LogP contribution in [0.3, 0.4) is 0 Å². The van der Waals surface area contributed by atoms with Crippen LogP contribution in [-0.2, 0) is 4.79 Å². The Morgan fingerprint density at radius 1 is 1.03 bits per heavy atom. The molecule has 3 aromatic rings. The fraction of sp³-hybridized carbons (Fsp3) is 0.240. The third kappa shape index (κ3) is 7.21. The molecule has 0 aliphatic heterocycles. The summed E-state index contributed by atoms with van der Waals surface area (Å²) in [5.74, 6) is -1.75. The number of aliphatic imine (C=N–C) groups is 1. The molecule has 1 heterocycles. The summed E-state index contributed by atoms with van der Waals surface area (Å²) in [6.07, 6.45) is 0.617. The van der Waals surface area contributed by atoms with Gasteiger partial charge in [0.05, 0.1) is 4.88 Å². The van der Waals surface area contributed by atoms with Crippen molar-refractivity contribution in [1.82, 2.24) is 5.32 Å². The summed E-state index contributed by atoms with van der Waals surface area (Å²) in [5.41, 5.74) is 13.4. The second kappa shape index (κ2) is 12.1. The number of nitrogens with one attached hydrogen (secondary N) is 1. The Bertz CT molecular complexity index is 1160. The highest BCUT2D eigenvalue weighted by atomic mass is 35.5. The van der Waals surface area contributed by atoms with E-state index in [1.165, 1.54) is 11.3 Å². The number of thiophene rings is 1. The molecule has 1 unspecified atom stereocenters. The largest absolute Gasteiger partial charge is 0.480 e. The van der Waals surface area contributed by atoms with E-state index in [-0.39, 0.29) is 24.8 Å². The van der Waals surface area contributed by atoms with Crippen LogP contribution < -0.4 is 16.8 Å². The van der Waals surface area contributed by atoms with Gasteiger partial charge in [-0.1, -0.05) is 47.5 Å². The second-order valence-electron chi connectivity index (χ2n) is 8.01. The first kappa shape index (κ1) is 26.5. The van der Waals surface area contributed by atoms with Gasteiger partial charge in [-0.15, -0.1) is 11.3 Å². The number of carboxylic acids is 1. The van der Waals surface area contributed by atoms with Gasteiger partial charge in [0.25, 0.3) is 5.91 Å². The zero-order valence-electron chi connectivity index (χ0n) is 19.0. The summed E-state index contributed by atoms with van der Waals surface area (Å²) >= 11 is 13.5. The molecule has 0 spiro atoms. The van der Waals surface area contributed by atoms with Crippen LogP contribution in [0.1, 0.15) is 50.0 Å². The van der Waals surface area contributed by atoms with Crippen LogP contribution in [-0.4, -0.2) is 35.5 Å². The van der Waals surface area contributed by atoms with Gasteiger partial charge >= 0.3 is 5.97 Å². The molecule has 1 amide bonds. The number of hydrogen-bond acceptors (Lipinski definition) is 4. The topological polar surface area (TPSA) is 131 Å². The molecule has 0 saturated heterocycles. The molecule has 2 aromatic carbocycles. The van der Waals surface area contributed by atoms with Gasteiger partial charge in [-0.25, -0.2) is 4.79 Å². The Labute approximate surface area is 217 Å². The molecule has 0 aliphatic rings. The number of amides is 1. The molecular weight excluding hydrogens is 507 g/mol. The van der Waals surface area contributed by atoms with E-state index in [1.807, 2.05) is 61.5 Å². The molecule has 0 fully saturated rings. The first-order valence-electron chi connectivity index (χ1n) is 10.9. The van der Waals surface area contributed by atoms with Crippen LogP contribution in [0.2, 0.25) is 10.0 Å². The summed E-state index contributed by atoms with van der Waals surface area (Å²) in [6.45, 7) is 2.12. The molecule has 184 valence electrons. The molecule has 7 nitrogen and oxygen atoms in total. The Morgan fingerprint density at radius 2 is 1.57 bits per heavy atom. The maximum atomic E-state index is 13.1. The summed E-state index contributed by atoms with van der Waals surface area (Å²) in [6, 6.07) is 16.0. The van der Waals surface area contributed by atoms with Crippen LogP contribution in [0.5, 0.6) is 0 Å². The predicted octanol–water partition coefficient (Wildman–Crippen LogP) is 4.78. The molecule has 1 atom stereocenters. The Kier molecular flexibility index (Phi) is 9.14. The number of guanidine groups is 1. The lowest BCUT2D eigenvalue weighted by Crippen LogP contribution is -2.40. The minimum atomic E-state index is -1.11. The van der Waals surface area contributed by atoms with Crippen molar-refractivity contribution in [2.45, 2.75) is 31.7 Å². The number of rotatable bonds is 10. The molecule has 35 heavy (non-hydrogen) atoms.